The number of nitrogens with zero attached hydrogens (tertiary/aromatic N) is 1. The number of ether oxygens (including phenoxy) is 1. The molecule has 68 valence electrons. The predicted molar refractivity (Wildman–Crippen MR) is 53.0 cm³/mol. The van der Waals surface area contributed by atoms with Crippen LogP contribution >= 0.6 is 11.6 Å². The predicted octanol–water partition coefficient (Wildman–Crippen LogP) is 3.08. The van der Waals surface area contributed by atoms with Crippen LogP contribution in [-0.2, 0) is 6.54 Å². The van der Waals surface area contributed by atoms with Gasteiger partial charge in [0, 0.05) is 0 Å². The lowest BCUT2D eigenvalue weighted by Crippen LogP contribution is -1.92. The molecule has 0 saturated carbocycles. The van der Waals surface area contributed by atoms with E-state index >= 15 is 0 Å². The average molecular weight is 196 g/mol. The van der Waals surface area contributed by atoms with Crippen LogP contribution < -0.4 is 4.74 Å². The third kappa shape index (κ3) is 2.13. The maximum atomic E-state index is 6.78. The molecule has 0 aliphatic carbocycles. The van der Waals surface area contributed by atoms with Gasteiger partial charge in [-0.2, -0.15) is 0 Å². The Morgan fingerprint density at radius 2 is 2.23 bits per heavy atom. The first-order chi connectivity index (χ1) is 6.19. The summed E-state index contributed by atoms with van der Waals surface area (Å²) < 4.78 is 5.11. The van der Waals surface area contributed by atoms with Gasteiger partial charge in [-0.05, 0) is 24.6 Å². The van der Waals surface area contributed by atoms with Crippen molar-refractivity contribution in [2.45, 2.75) is 13.5 Å². The van der Waals surface area contributed by atoms with Gasteiger partial charge >= 0.3 is 0 Å². The standard InChI is InChI=1S/C10H10ClNO/c1-7-4-8(6-12-2)10(13-3)9(11)5-7/h4-5H,6H2,1,3H3. The Bertz CT molecular complexity index is 355. The highest BCUT2D eigenvalue weighted by atomic mass is 35.5. The first-order valence-corrected chi connectivity index (χ1v) is 4.23. The minimum Gasteiger partial charge on any atom is -0.495 e. The third-order valence-corrected chi connectivity index (χ3v) is 2.00. The molecule has 3 heteroatoms. The van der Waals surface area contributed by atoms with Gasteiger partial charge in [0.25, 0.3) is 0 Å². The van der Waals surface area contributed by atoms with Gasteiger partial charge in [0.05, 0.1) is 17.7 Å². The van der Waals surface area contributed by atoms with E-state index in [1.54, 1.807) is 7.11 Å². The molecule has 1 aromatic rings. The van der Waals surface area contributed by atoms with Gasteiger partial charge in [-0.3, -0.25) is 0 Å². The van der Waals surface area contributed by atoms with Gasteiger partial charge in [-0.25, -0.2) is 6.57 Å². The lowest BCUT2D eigenvalue weighted by Gasteiger charge is -2.07. The average Bonchev–Trinajstić information content (AvgIpc) is 2.04. The molecule has 0 atom stereocenters. The molecule has 13 heavy (non-hydrogen) atoms. The normalized spacial score (nSPS) is 9.38. The second-order valence-electron chi connectivity index (χ2n) is 2.76. The minimum atomic E-state index is 0.310. The van der Waals surface area contributed by atoms with Crippen molar-refractivity contribution in [1.82, 2.24) is 0 Å². The highest BCUT2D eigenvalue weighted by Gasteiger charge is 2.10. The zero-order chi connectivity index (χ0) is 9.84. The molecule has 0 spiro atoms. The lowest BCUT2D eigenvalue weighted by atomic mass is 10.1. The third-order valence-electron chi connectivity index (χ3n) is 1.72. The van der Waals surface area contributed by atoms with E-state index in [4.69, 9.17) is 22.9 Å². The van der Waals surface area contributed by atoms with Crippen LogP contribution in [0.3, 0.4) is 0 Å². The molecule has 0 aromatic heterocycles. The van der Waals surface area contributed by atoms with E-state index in [9.17, 15) is 0 Å². The van der Waals surface area contributed by atoms with Crippen molar-refractivity contribution in [2.24, 2.45) is 0 Å². The molecular weight excluding hydrogens is 186 g/mol. The van der Waals surface area contributed by atoms with Crippen molar-refractivity contribution in [1.29, 1.82) is 0 Å². The summed E-state index contributed by atoms with van der Waals surface area (Å²) in [5, 5.41) is 0.571. The van der Waals surface area contributed by atoms with Gasteiger partial charge in [0.1, 0.15) is 5.75 Å². The van der Waals surface area contributed by atoms with Gasteiger partial charge < -0.3 is 9.58 Å². The van der Waals surface area contributed by atoms with E-state index in [-0.39, 0.29) is 0 Å². The van der Waals surface area contributed by atoms with Crippen LogP contribution in [0.15, 0.2) is 12.1 Å². The fourth-order valence-corrected chi connectivity index (χ4v) is 1.60. The first kappa shape index (κ1) is 9.88. The molecule has 0 radical (unpaired) electrons. The number of hydrogen-bond donors (Lipinski definition) is 0. The highest BCUT2D eigenvalue weighted by Crippen LogP contribution is 2.30. The molecule has 0 bridgehead atoms. The Kier molecular flexibility index (Phi) is 3.16. The summed E-state index contributed by atoms with van der Waals surface area (Å²) in [6, 6.07) is 3.75. The maximum Gasteiger partial charge on any atom is 0.243 e. The van der Waals surface area contributed by atoms with Crippen molar-refractivity contribution in [2.75, 3.05) is 7.11 Å². The fraction of sp³-hybridized carbons (Fsp3) is 0.300. The molecule has 0 heterocycles. The molecule has 0 N–H and O–H groups in total. The minimum absolute atomic E-state index is 0.310. The van der Waals surface area contributed by atoms with Gasteiger partial charge in [-0.15, -0.1) is 0 Å². The molecule has 1 rings (SSSR count). The van der Waals surface area contributed by atoms with Crippen LogP contribution in [0.2, 0.25) is 5.02 Å². The van der Waals surface area contributed by atoms with Crippen LogP contribution in [0.5, 0.6) is 5.75 Å². The molecule has 0 saturated heterocycles. The van der Waals surface area contributed by atoms with Crippen LogP contribution in [0.25, 0.3) is 4.85 Å². The Morgan fingerprint density at radius 1 is 1.54 bits per heavy atom. The molecule has 0 aliphatic heterocycles. The largest absolute Gasteiger partial charge is 0.495 e. The zero-order valence-electron chi connectivity index (χ0n) is 7.60. The van der Waals surface area contributed by atoms with Gasteiger partial charge in [0.2, 0.25) is 6.54 Å². The van der Waals surface area contributed by atoms with Crippen molar-refractivity contribution in [3.63, 3.8) is 0 Å². The van der Waals surface area contributed by atoms with Crippen molar-refractivity contribution in [3.8, 4) is 5.75 Å². The maximum absolute atomic E-state index is 6.78. The van der Waals surface area contributed by atoms with Gasteiger partial charge in [-0.1, -0.05) is 11.6 Å². The van der Waals surface area contributed by atoms with E-state index in [2.05, 4.69) is 4.85 Å². The Labute approximate surface area is 82.9 Å². The number of methoxy groups -OCH3 is 1. The summed E-state index contributed by atoms with van der Waals surface area (Å²) in [6.45, 7) is 9.03. The molecule has 0 unspecified atom stereocenters. The van der Waals surface area contributed by atoms with E-state index in [1.165, 1.54) is 0 Å². The Morgan fingerprint density at radius 3 is 2.77 bits per heavy atom. The lowest BCUT2D eigenvalue weighted by molar-refractivity contribution is 0.411. The summed E-state index contributed by atoms with van der Waals surface area (Å²) in [4.78, 5) is 3.31. The SMILES string of the molecule is [C-]#[N+]Cc1cc(C)cc(Cl)c1OC. The Hall–Kier alpha value is -1.20. The fourth-order valence-electron chi connectivity index (χ4n) is 1.23. The van der Waals surface area contributed by atoms with Crippen molar-refractivity contribution in [3.05, 3.63) is 39.7 Å². The van der Waals surface area contributed by atoms with E-state index in [1.807, 2.05) is 19.1 Å². The summed E-state index contributed by atoms with van der Waals surface area (Å²) in [6.07, 6.45) is 0. The van der Waals surface area contributed by atoms with E-state index in [0.29, 0.717) is 17.3 Å². The molecule has 0 fully saturated rings. The summed E-state index contributed by atoms with van der Waals surface area (Å²) in [5.41, 5.74) is 1.90. The summed E-state index contributed by atoms with van der Waals surface area (Å²) in [5.74, 6) is 0.614. The van der Waals surface area contributed by atoms with Crippen LogP contribution in [0, 0.1) is 13.5 Å². The van der Waals surface area contributed by atoms with Crippen molar-refractivity contribution >= 4 is 11.6 Å². The highest BCUT2D eigenvalue weighted by molar-refractivity contribution is 6.32. The molecule has 2 nitrogen and oxygen atoms in total. The number of rotatable bonds is 2. The molecule has 1 aromatic carbocycles. The van der Waals surface area contributed by atoms with E-state index in [0.717, 1.165) is 11.1 Å². The summed E-state index contributed by atoms with van der Waals surface area (Å²) in [7, 11) is 1.56. The topological polar surface area (TPSA) is 13.6 Å². The molecular formula is C10H10ClNO. The number of benzene rings is 1. The zero-order valence-corrected chi connectivity index (χ0v) is 8.35. The summed E-state index contributed by atoms with van der Waals surface area (Å²) >= 11 is 5.94. The van der Waals surface area contributed by atoms with E-state index < -0.39 is 0 Å². The number of hydrogen-bond acceptors (Lipinski definition) is 1. The Balaban J connectivity index is 3.23. The second kappa shape index (κ2) is 4.15. The van der Waals surface area contributed by atoms with Crippen LogP contribution in [-0.4, -0.2) is 7.11 Å². The number of halogens is 1. The second-order valence-corrected chi connectivity index (χ2v) is 3.16. The van der Waals surface area contributed by atoms with Crippen molar-refractivity contribution < 1.29 is 4.74 Å². The monoisotopic (exact) mass is 195 g/mol. The first-order valence-electron chi connectivity index (χ1n) is 3.85. The van der Waals surface area contributed by atoms with Crippen LogP contribution in [0.1, 0.15) is 11.1 Å². The molecule has 0 aliphatic rings. The molecule has 0 amide bonds. The number of aryl methyl sites for hydroxylation is 1. The smallest absolute Gasteiger partial charge is 0.243 e. The van der Waals surface area contributed by atoms with Crippen LogP contribution in [0.4, 0.5) is 0 Å². The quantitative estimate of drug-likeness (QED) is 0.662. The van der Waals surface area contributed by atoms with Gasteiger partial charge in [0.15, 0.2) is 0 Å².